The highest BCUT2D eigenvalue weighted by molar-refractivity contribution is 7.15. The van der Waals surface area contributed by atoms with Crippen molar-refractivity contribution in [1.29, 1.82) is 0 Å². The Kier molecular flexibility index (Phi) is 6.01. The van der Waals surface area contributed by atoms with E-state index in [-0.39, 0.29) is 12.1 Å². The number of aliphatic hydroxyl groups is 1. The van der Waals surface area contributed by atoms with E-state index in [0.717, 1.165) is 33.6 Å². The van der Waals surface area contributed by atoms with E-state index in [1.165, 1.54) is 35.0 Å². The molecule has 0 fully saturated rings. The normalized spacial score (nSPS) is 16.7. The lowest BCUT2D eigenvalue weighted by Crippen LogP contribution is -2.53. The maximum atomic E-state index is 14.9. The van der Waals surface area contributed by atoms with Gasteiger partial charge in [-0.2, -0.15) is 5.10 Å². The average molecular weight is 482 g/mol. The lowest BCUT2D eigenvalue weighted by atomic mass is 9.85. The Morgan fingerprint density at radius 3 is 2.79 bits per heavy atom. The molecule has 5 rings (SSSR count). The summed E-state index contributed by atoms with van der Waals surface area (Å²) in [6, 6.07) is 11.1. The number of fused-ring (bicyclic) bond motifs is 1. The second kappa shape index (κ2) is 8.98. The number of rotatable bonds is 6. The first-order valence-electron chi connectivity index (χ1n) is 11.1. The molecule has 0 radical (unpaired) electrons. The zero-order valence-electron chi connectivity index (χ0n) is 18.9. The Bertz CT molecular complexity index is 1310. The SMILES string of the molecule is Cc1cccc(-c2nc3c(s2)CN([C@H](C)[C@](O)(Cn2cncn2)c2ccc(F)cc2F)CC3)c1. The third-order valence-corrected chi connectivity index (χ3v) is 7.66. The van der Waals surface area contributed by atoms with Crippen LogP contribution in [0.5, 0.6) is 0 Å². The minimum Gasteiger partial charge on any atom is -0.381 e. The molecule has 4 aromatic rings. The van der Waals surface area contributed by atoms with Crippen molar-refractivity contribution in [3.63, 3.8) is 0 Å². The largest absolute Gasteiger partial charge is 0.381 e. The zero-order chi connectivity index (χ0) is 23.9. The van der Waals surface area contributed by atoms with Crippen LogP contribution in [0.1, 0.15) is 28.6 Å². The van der Waals surface area contributed by atoms with Gasteiger partial charge in [-0.15, -0.1) is 11.3 Å². The molecule has 1 aliphatic rings. The second-order valence-electron chi connectivity index (χ2n) is 8.80. The Hall–Kier alpha value is -3.01. The van der Waals surface area contributed by atoms with Crippen LogP contribution in [-0.2, 0) is 25.1 Å². The lowest BCUT2D eigenvalue weighted by molar-refractivity contribution is -0.0675. The fourth-order valence-corrected chi connectivity index (χ4v) is 5.72. The molecular formula is C25H25F2N5OS. The molecule has 0 aliphatic carbocycles. The molecule has 9 heteroatoms. The fraction of sp³-hybridized carbons (Fsp3) is 0.320. The van der Waals surface area contributed by atoms with E-state index in [1.807, 2.05) is 13.0 Å². The van der Waals surface area contributed by atoms with Gasteiger partial charge in [-0.05, 0) is 26.0 Å². The molecule has 0 amide bonds. The first-order valence-corrected chi connectivity index (χ1v) is 11.9. The maximum absolute atomic E-state index is 14.9. The van der Waals surface area contributed by atoms with Gasteiger partial charge in [0.1, 0.15) is 34.9 Å². The highest BCUT2D eigenvalue weighted by atomic mass is 32.1. The van der Waals surface area contributed by atoms with Gasteiger partial charge < -0.3 is 5.11 Å². The van der Waals surface area contributed by atoms with Crippen LogP contribution in [0.2, 0.25) is 0 Å². The summed E-state index contributed by atoms with van der Waals surface area (Å²) in [6.07, 6.45) is 3.57. The van der Waals surface area contributed by atoms with E-state index in [0.29, 0.717) is 13.1 Å². The number of nitrogens with zero attached hydrogens (tertiary/aromatic N) is 5. The third kappa shape index (κ3) is 4.26. The van der Waals surface area contributed by atoms with Gasteiger partial charge in [0.25, 0.3) is 0 Å². The van der Waals surface area contributed by atoms with E-state index in [1.54, 1.807) is 11.3 Å². The van der Waals surface area contributed by atoms with E-state index < -0.39 is 23.3 Å². The van der Waals surface area contributed by atoms with Crippen LogP contribution in [0.25, 0.3) is 10.6 Å². The van der Waals surface area contributed by atoms with Crippen molar-refractivity contribution in [2.45, 2.75) is 45.0 Å². The monoisotopic (exact) mass is 481 g/mol. The number of benzene rings is 2. The van der Waals surface area contributed by atoms with Crippen molar-refractivity contribution in [3.05, 3.63) is 88.5 Å². The van der Waals surface area contributed by atoms with Crippen LogP contribution in [0.3, 0.4) is 0 Å². The van der Waals surface area contributed by atoms with Crippen molar-refractivity contribution >= 4 is 11.3 Å². The Morgan fingerprint density at radius 2 is 2.06 bits per heavy atom. The fourth-order valence-electron chi connectivity index (χ4n) is 4.59. The zero-order valence-corrected chi connectivity index (χ0v) is 19.8. The highest BCUT2D eigenvalue weighted by Crippen LogP contribution is 2.37. The van der Waals surface area contributed by atoms with Gasteiger partial charge >= 0.3 is 0 Å². The number of aromatic nitrogens is 4. The molecule has 34 heavy (non-hydrogen) atoms. The molecule has 2 aromatic carbocycles. The summed E-state index contributed by atoms with van der Waals surface area (Å²) < 4.78 is 30.0. The molecule has 3 heterocycles. The molecule has 1 N–H and O–H groups in total. The van der Waals surface area contributed by atoms with Gasteiger partial charge in [-0.1, -0.05) is 29.8 Å². The molecule has 0 saturated carbocycles. The number of hydrogen-bond donors (Lipinski definition) is 1. The van der Waals surface area contributed by atoms with Gasteiger partial charge in [0.05, 0.1) is 12.2 Å². The standard InChI is InChI=1S/C25H25F2N5OS/c1-16-4-3-5-18(10-16)24-30-22-8-9-31(12-23(22)34-24)17(2)25(33,13-32-15-28-14-29-32)20-7-6-19(26)11-21(20)27/h3-7,10-11,14-15,17,33H,8-9,12-13H2,1-2H3/t17-,25-/m1/s1. The highest BCUT2D eigenvalue weighted by Gasteiger charge is 2.43. The molecule has 176 valence electrons. The van der Waals surface area contributed by atoms with E-state index in [2.05, 4.69) is 40.1 Å². The molecule has 2 aromatic heterocycles. The molecular weight excluding hydrogens is 456 g/mol. The van der Waals surface area contributed by atoms with Crippen molar-refractivity contribution < 1.29 is 13.9 Å². The number of halogens is 2. The number of aryl methyl sites for hydroxylation is 1. The quantitative estimate of drug-likeness (QED) is 0.444. The first kappa shape index (κ1) is 22.8. The summed E-state index contributed by atoms with van der Waals surface area (Å²) in [6.45, 7) is 5.16. The molecule has 0 spiro atoms. The van der Waals surface area contributed by atoms with Gasteiger partial charge in [-0.25, -0.2) is 23.4 Å². The smallest absolute Gasteiger partial charge is 0.137 e. The maximum Gasteiger partial charge on any atom is 0.137 e. The van der Waals surface area contributed by atoms with Crippen molar-refractivity contribution in [1.82, 2.24) is 24.6 Å². The van der Waals surface area contributed by atoms with Crippen LogP contribution in [0.4, 0.5) is 8.78 Å². The first-order chi connectivity index (χ1) is 16.3. The second-order valence-corrected chi connectivity index (χ2v) is 9.88. The number of thiazole rings is 1. The van der Waals surface area contributed by atoms with Crippen LogP contribution in [0, 0.1) is 18.6 Å². The van der Waals surface area contributed by atoms with Gasteiger partial charge in [0.15, 0.2) is 0 Å². The minimum atomic E-state index is -1.66. The van der Waals surface area contributed by atoms with Crippen molar-refractivity contribution in [2.24, 2.45) is 0 Å². The predicted octanol–water partition coefficient (Wildman–Crippen LogP) is 4.32. The molecule has 1 aliphatic heterocycles. The van der Waals surface area contributed by atoms with Crippen LogP contribution in [0.15, 0.2) is 55.1 Å². The molecule has 0 bridgehead atoms. The molecule has 0 unspecified atom stereocenters. The summed E-state index contributed by atoms with van der Waals surface area (Å²) in [5.74, 6) is -1.47. The topological polar surface area (TPSA) is 67.1 Å². The van der Waals surface area contributed by atoms with Crippen molar-refractivity contribution in [2.75, 3.05) is 6.54 Å². The molecule has 2 atom stereocenters. The van der Waals surface area contributed by atoms with E-state index >= 15 is 0 Å². The minimum absolute atomic E-state index is 0.0166. The molecule has 6 nitrogen and oxygen atoms in total. The van der Waals surface area contributed by atoms with Crippen molar-refractivity contribution in [3.8, 4) is 10.6 Å². The predicted molar refractivity (Wildman–Crippen MR) is 126 cm³/mol. The van der Waals surface area contributed by atoms with E-state index in [9.17, 15) is 13.9 Å². The van der Waals surface area contributed by atoms with Gasteiger partial charge in [-0.3, -0.25) is 4.90 Å². The Balaban J connectivity index is 1.46. The average Bonchev–Trinajstić information content (AvgIpc) is 3.47. The molecule has 0 saturated heterocycles. The van der Waals surface area contributed by atoms with E-state index in [4.69, 9.17) is 4.98 Å². The van der Waals surface area contributed by atoms with Gasteiger partial charge in [0.2, 0.25) is 0 Å². The number of hydrogen-bond acceptors (Lipinski definition) is 6. The summed E-state index contributed by atoms with van der Waals surface area (Å²) in [5, 5.41) is 17.0. The van der Waals surface area contributed by atoms with Gasteiger partial charge in [0, 0.05) is 47.6 Å². The summed E-state index contributed by atoms with van der Waals surface area (Å²) in [7, 11) is 0. The Labute approximate surface area is 200 Å². The summed E-state index contributed by atoms with van der Waals surface area (Å²) in [4.78, 5) is 12.1. The van der Waals surface area contributed by atoms with Crippen LogP contribution >= 0.6 is 11.3 Å². The lowest BCUT2D eigenvalue weighted by Gasteiger charge is -2.42. The summed E-state index contributed by atoms with van der Waals surface area (Å²) in [5.41, 5.74) is 1.72. The van der Waals surface area contributed by atoms with Crippen LogP contribution < -0.4 is 0 Å². The third-order valence-electron chi connectivity index (χ3n) is 6.53. The van der Waals surface area contributed by atoms with Crippen LogP contribution in [-0.4, -0.2) is 42.3 Å². The Morgan fingerprint density at radius 1 is 1.21 bits per heavy atom. The summed E-state index contributed by atoms with van der Waals surface area (Å²) >= 11 is 1.65.